The Balaban J connectivity index is 1.70. The second-order valence-electron chi connectivity index (χ2n) is 7.41. The number of hydrogen-bond donors (Lipinski definition) is 1. The van der Waals surface area contributed by atoms with E-state index >= 15 is 0 Å². The minimum Gasteiger partial charge on any atom is -0.318 e. The van der Waals surface area contributed by atoms with Gasteiger partial charge >= 0.3 is 0 Å². The first-order valence-corrected chi connectivity index (χ1v) is 11.5. The Morgan fingerprint density at radius 1 is 1.16 bits per heavy atom. The van der Waals surface area contributed by atoms with Crippen molar-refractivity contribution in [2.24, 2.45) is 10.1 Å². The van der Waals surface area contributed by atoms with Crippen molar-refractivity contribution in [2.75, 3.05) is 0 Å². The number of carbonyl (C=O) groups excluding carboxylic acids is 1. The molecule has 9 heteroatoms. The van der Waals surface area contributed by atoms with Crippen molar-refractivity contribution < 1.29 is 4.79 Å². The zero-order valence-electron chi connectivity index (χ0n) is 17.4. The van der Waals surface area contributed by atoms with Gasteiger partial charge < -0.3 is 4.57 Å². The van der Waals surface area contributed by atoms with Gasteiger partial charge in [-0.15, -0.1) is 0 Å². The number of thioether (sulfide) groups is 1. The van der Waals surface area contributed by atoms with E-state index in [9.17, 15) is 4.79 Å². The van der Waals surface area contributed by atoms with Gasteiger partial charge in [-0.2, -0.15) is 15.1 Å². The van der Waals surface area contributed by atoms with E-state index in [2.05, 4.69) is 17.0 Å². The average molecular weight is 474 g/mol. The summed E-state index contributed by atoms with van der Waals surface area (Å²) in [7, 11) is 0. The van der Waals surface area contributed by atoms with Crippen LogP contribution >= 0.6 is 35.0 Å². The fraction of sp³-hybridized carbons (Fsp3) is 0.273. The molecule has 0 unspecified atom stereocenters. The molecule has 0 atom stereocenters. The summed E-state index contributed by atoms with van der Waals surface area (Å²) in [6.07, 6.45) is 4.60. The molecule has 2 aliphatic heterocycles. The van der Waals surface area contributed by atoms with Crippen LogP contribution in [0.1, 0.15) is 43.1 Å². The monoisotopic (exact) mass is 473 g/mol. The molecule has 0 spiro atoms. The number of hydrazone groups is 1. The Bertz CT molecular complexity index is 1170. The smallest absolute Gasteiger partial charge is 0.283 e. The summed E-state index contributed by atoms with van der Waals surface area (Å²) in [5, 5.41) is 17.0. The van der Waals surface area contributed by atoms with Crippen molar-refractivity contribution in [3.63, 3.8) is 0 Å². The molecule has 1 aromatic heterocycles. The second-order valence-corrected chi connectivity index (χ2v) is 9.32. The van der Waals surface area contributed by atoms with Crippen molar-refractivity contribution >= 4 is 63.0 Å². The van der Waals surface area contributed by atoms with E-state index in [-0.39, 0.29) is 11.4 Å². The first kappa shape index (κ1) is 21.9. The molecule has 0 fully saturated rings. The zero-order chi connectivity index (χ0) is 22.3. The summed E-state index contributed by atoms with van der Waals surface area (Å²) < 4.78 is 2.02. The number of rotatable bonds is 5. The number of aromatic nitrogens is 1. The Labute approximate surface area is 195 Å². The third kappa shape index (κ3) is 4.22. The van der Waals surface area contributed by atoms with Gasteiger partial charge in [0.15, 0.2) is 5.84 Å². The van der Waals surface area contributed by atoms with Gasteiger partial charge in [0.05, 0.1) is 5.57 Å². The predicted octanol–water partition coefficient (Wildman–Crippen LogP) is 6.21. The van der Waals surface area contributed by atoms with Gasteiger partial charge in [0, 0.05) is 27.1 Å². The van der Waals surface area contributed by atoms with E-state index in [1.165, 1.54) is 16.8 Å². The summed E-state index contributed by atoms with van der Waals surface area (Å²) in [4.78, 5) is 16.9. The highest BCUT2D eigenvalue weighted by Crippen LogP contribution is 2.32. The molecule has 160 valence electrons. The van der Waals surface area contributed by atoms with Gasteiger partial charge in [0.1, 0.15) is 5.04 Å². The van der Waals surface area contributed by atoms with Gasteiger partial charge in [0.2, 0.25) is 5.17 Å². The Morgan fingerprint density at radius 3 is 2.55 bits per heavy atom. The minimum atomic E-state index is -0.425. The summed E-state index contributed by atoms with van der Waals surface area (Å²) in [5.74, 6) is -0.379. The topological polar surface area (TPSA) is 73.8 Å². The molecule has 2 aromatic rings. The number of unbranched alkanes of at least 4 members (excludes halogenated alkanes) is 1. The van der Waals surface area contributed by atoms with E-state index in [0.29, 0.717) is 15.2 Å². The number of amides is 1. The molecule has 3 heterocycles. The van der Waals surface area contributed by atoms with Crippen LogP contribution in [0.4, 0.5) is 0 Å². The summed E-state index contributed by atoms with van der Waals surface area (Å²) in [6.45, 7) is 6.03. The zero-order valence-corrected chi connectivity index (χ0v) is 19.7. The predicted molar refractivity (Wildman–Crippen MR) is 130 cm³/mol. The van der Waals surface area contributed by atoms with Crippen LogP contribution in [0.2, 0.25) is 10.0 Å². The molecule has 31 heavy (non-hydrogen) atoms. The van der Waals surface area contributed by atoms with Gasteiger partial charge in [-0.25, -0.2) is 0 Å². The maximum atomic E-state index is 12.7. The Hall–Kier alpha value is -2.35. The SMILES string of the molecule is CCCCC1=NN2C(=N)C(=Cc3cc(C)n(-c4cc(Cl)cc(Cl)c4)c3C)C(=O)N=C2S1. The number of nitrogens with one attached hydrogen (secondary N) is 1. The highest BCUT2D eigenvalue weighted by molar-refractivity contribution is 8.26. The molecular weight excluding hydrogens is 453 g/mol. The number of aryl methyl sites for hydroxylation is 1. The first-order chi connectivity index (χ1) is 14.8. The van der Waals surface area contributed by atoms with E-state index < -0.39 is 5.91 Å². The molecule has 6 nitrogen and oxygen atoms in total. The molecule has 0 saturated heterocycles. The van der Waals surface area contributed by atoms with Crippen molar-refractivity contribution in [1.29, 1.82) is 5.41 Å². The lowest BCUT2D eigenvalue weighted by Crippen LogP contribution is -2.35. The standard InChI is InChI=1S/C22H21Cl2N5OS/c1-4-5-6-19-27-29-20(25)18(21(30)26-22(29)31-19)8-14-7-12(2)28(13(14)3)17-10-15(23)9-16(24)11-17/h7-11,25H,4-6H2,1-3H3. The number of carbonyl (C=O) groups is 1. The van der Waals surface area contributed by atoms with Gasteiger partial charge in [-0.1, -0.05) is 36.5 Å². The van der Waals surface area contributed by atoms with Crippen molar-refractivity contribution in [3.8, 4) is 5.69 Å². The number of halogens is 2. The maximum absolute atomic E-state index is 12.7. The Kier molecular flexibility index (Phi) is 6.10. The van der Waals surface area contributed by atoms with E-state index in [0.717, 1.165) is 46.9 Å². The van der Waals surface area contributed by atoms with Crippen LogP contribution in [0.25, 0.3) is 11.8 Å². The summed E-state index contributed by atoms with van der Waals surface area (Å²) in [5.41, 5.74) is 3.74. The number of amidine groups is 2. The van der Waals surface area contributed by atoms with Crippen molar-refractivity contribution in [2.45, 2.75) is 40.0 Å². The second kappa shape index (κ2) is 8.65. The molecule has 1 N–H and O–H groups in total. The molecule has 0 radical (unpaired) electrons. The number of nitrogens with zero attached hydrogens (tertiary/aromatic N) is 4. The van der Waals surface area contributed by atoms with E-state index in [4.69, 9.17) is 28.6 Å². The third-order valence-corrected chi connectivity index (χ3v) is 6.52. The van der Waals surface area contributed by atoms with Gasteiger partial charge in [-0.05, 0) is 74.4 Å². The number of fused-ring (bicyclic) bond motifs is 1. The molecule has 1 aromatic carbocycles. The van der Waals surface area contributed by atoms with Crippen LogP contribution in [-0.4, -0.2) is 31.5 Å². The van der Waals surface area contributed by atoms with Crippen LogP contribution in [-0.2, 0) is 4.79 Å². The fourth-order valence-electron chi connectivity index (χ4n) is 3.62. The number of hydrogen-bond acceptors (Lipinski definition) is 4. The molecular formula is C22H21Cl2N5OS. The largest absolute Gasteiger partial charge is 0.318 e. The first-order valence-electron chi connectivity index (χ1n) is 9.93. The van der Waals surface area contributed by atoms with E-state index in [1.807, 2.05) is 36.6 Å². The maximum Gasteiger partial charge on any atom is 0.283 e. The summed E-state index contributed by atoms with van der Waals surface area (Å²) >= 11 is 13.7. The molecule has 0 saturated carbocycles. The van der Waals surface area contributed by atoms with Crippen LogP contribution in [0.3, 0.4) is 0 Å². The van der Waals surface area contributed by atoms with Crippen LogP contribution in [0.15, 0.2) is 39.9 Å². The highest BCUT2D eigenvalue weighted by atomic mass is 35.5. The van der Waals surface area contributed by atoms with Crippen LogP contribution < -0.4 is 0 Å². The quantitative estimate of drug-likeness (QED) is 0.524. The lowest BCUT2D eigenvalue weighted by atomic mass is 10.1. The molecule has 2 aliphatic rings. The third-order valence-electron chi connectivity index (χ3n) is 5.12. The number of aliphatic imine (C=N–C) groups is 1. The lowest BCUT2D eigenvalue weighted by molar-refractivity contribution is -0.114. The van der Waals surface area contributed by atoms with Crippen LogP contribution in [0.5, 0.6) is 0 Å². The normalized spacial score (nSPS) is 17.3. The van der Waals surface area contributed by atoms with Crippen LogP contribution in [0, 0.1) is 19.3 Å². The van der Waals surface area contributed by atoms with Gasteiger partial charge in [0.25, 0.3) is 5.91 Å². The van der Waals surface area contributed by atoms with E-state index in [1.54, 1.807) is 12.1 Å². The lowest BCUT2D eigenvalue weighted by Gasteiger charge is -2.20. The number of benzene rings is 1. The fourth-order valence-corrected chi connectivity index (χ4v) is 5.06. The Morgan fingerprint density at radius 2 is 1.87 bits per heavy atom. The van der Waals surface area contributed by atoms with Gasteiger partial charge in [-0.3, -0.25) is 10.2 Å². The summed E-state index contributed by atoms with van der Waals surface area (Å²) in [6, 6.07) is 7.32. The minimum absolute atomic E-state index is 0.0459. The van der Waals surface area contributed by atoms with Crippen molar-refractivity contribution in [1.82, 2.24) is 9.58 Å². The average Bonchev–Trinajstić information content (AvgIpc) is 3.22. The molecule has 4 rings (SSSR count). The molecule has 1 amide bonds. The highest BCUT2D eigenvalue weighted by Gasteiger charge is 2.35. The molecule has 0 aliphatic carbocycles. The molecule has 0 bridgehead atoms. The van der Waals surface area contributed by atoms with Crippen molar-refractivity contribution in [3.05, 3.63) is 56.8 Å².